The van der Waals surface area contributed by atoms with Gasteiger partial charge >= 0.3 is 6.18 Å². The smallest absolute Gasteiger partial charge is 0.378 e. The highest BCUT2D eigenvalue weighted by Gasteiger charge is 2.52. The Morgan fingerprint density at radius 1 is 1.02 bits per heavy atom. The summed E-state index contributed by atoms with van der Waals surface area (Å²) in [5.41, 5.74) is -1.40. The molecule has 57 heavy (non-hydrogen) atoms. The Morgan fingerprint density at radius 2 is 1.70 bits per heavy atom. The van der Waals surface area contributed by atoms with Crippen molar-refractivity contribution in [3.63, 3.8) is 0 Å². The highest BCUT2D eigenvalue weighted by molar-refractivity contribution is 7.80. The Hall–Kier alpha value is -4.59. The van der Waals surface area contributed by atoms with Gasteiger partial charge in [-0.2, -0.15) is 18.4 Å². The number of nitrogens with zero attached hydrogens (tertiary/aromatic N) is 4. The number of likely N-dealkylation sites (tertiary alicyclic amines) is 1. The number of carbonyl (C=O) groups is 4. The van der Waals surface area contributed by atoms with Gasteiger partial charge in [0.2, 0.25) is 17.7 Å². The van der Waals surface area contributed by atoms with E-state index in [4.69, 9.17) is 17.0 Å². The Bertz CT molecular complexity index is 1920. The van der Waals surface area contributed by atoms with Crippen LogP contribution in [0, 0.1) is 17.2 Å². The van der Waals surface area contributed by atoms with Gasteiger partial charge in [-0.3, -0.25) is 34.3 Å². The SMILES string of the molecule is C[C@@H]1CC(CCO[C@H]2CC[C@H](N3C(=S)N(c4ccc(C#N)c(C(F)(F)F)c4)C(=O)C3(C)C)CC2)C[C@H](C)N1CC(=O)Nc1cccc(NC2CCC(=O)NC2=O)c1. The molecule has 2 aromatic rings. The number of hydrogen-bond donors (Lipinski definition) is 3. The van der Waals surface area contributed by atoms with E-state index in [2.05, 4.69) is 34.7 Å². The summed E-state index contributed by atoms with van der Waals surface area (Å²) in [4.78, 5) is 55.7. The predicted molar refractivity (Wildman–Crippen MR) is 212 cm³/mol. The average molecular weight is 810 g/mol. The van der Waals surface area contributed by atoms with Crippen LogP contribution in [-0.2, 0) is 30.1 Å². The van der Waals surface area contributed by atoms with Crippen molar-refractivity contribution >= 4 is 58.0 Å². The normalized spacial score (nSPS) is 26.9. The number of nitriles is 1. The van der Waals surface area contributed by atoms with Crippen molar-refractivity contribution in [1.82, 2.24) is 15.1 Å². The van der Waals surface area contributed by atoms with Gasteiger partial charge < -0.3 is 20.3 Å². The fourth-order valence-electron chi connectivity index (χ4n) is 8.92. The van der Waals surface area contributed by atoms with Crippen molar-refractivity contribution in [2.45, 2.75) is 127 Å². The maximum atomic E-state index is 13.7. The zero-order valence-corrected chi connectivity index (χ0v) is 33.5. The lowest BCUT2D eigenvalue weighted by molar-refractivity contribution is -0.138. The fraction of sp³-hybridized carbons (Fsp3) is 0.561. The van der Waals surface area contributed by atoms with Crippen LogP contribution in [0.5, 0.6) is 0 Å². The molecule has 3 heterocycles. The molecule has 2 unspecified atom stereocenters. The van der Waals surface area contributed by atoms with Crippen LogP contribution >= 0.6 is 12.2 Å². The van der Waals surface area contributed by atoms with Crippen LogP contribution in [0.25, 0.3) is 0 Å². The lowest BCUT2D eigenvalue weighted by Gasteiger charge is -2.42. The van der Waals surface area contributed by atoms with E-state index in [-0.39, 0.29) is 65.7 Å². The minimum absolute atomic E-state index is 0.00878. The zero-order valence-electron chi connectivity index (χ0n) is 32.7. The van der Waals surface area contributed by atoms with Crippen molar-refractivity contribution in [2.75, 3.05) is 28.7 Å². The maximum Gasteiger partial charge on any atom is 0.417 e. The molecule has 2 aromatic carbocycles. The Balaban J connectivity index is 0.943. The van der Waals surface area contributed by atoms with Crippen LogP contribution in [0.1, 0.15) is 96.6 Å². The molecule has 1 aliphatic carbocycles. The quantitative estimate of drug-likeness (QED) is 0.173. The second-order valence-electron chi connectivity index (χ2n) is 16.3. The lowest BCUT2D eigenvalue weighted by Crippen LogP contribution is -2.51. The first-order chi connectivity index (χ1) is 27.0. The van der Waals surface area contributed by atoms with Gasteiger partial charge in [0.1, 0.15) is 11.6 Å². The average Bonchev–Trinajstić information content (AvgIpc) is 3.32. The molecule has 16 heteroatoms. The molecule has 0 bridgehead atoms. The third kappa shape index (κ3) is 9.42. The predicted octanol–water partition coefficient (Wildman–Crippen LogP) is 6.35. The number of thiocarbonyl (C=S) groups is 1. The number of piperidine rings is 2. The molecule has 306 valence electrons. The van der Waals surface area contributed by atoms with Crippen molar-refractivity contribution in [3.05, 3.63) is 53.6 Å². The summed E-state index contributed by atoms with van der Waals surface area (Å²) in [6.07, 6.45) is 1.70. The summed E-state index contributed by atoms with van der Waals surface area (Å²) in [5, 5.41) is 17.9. The molecule has 4 amide bonds. The van der Waals surface area contributed by atoms with Gasteiger partial charge in [0.15, 0.2) is 5.11 Å². The summed E-state index contributed by atoms with van der Waals surface area (Å²) in [6, 6.07) is 11.8. The lowest BCUT2D eigenvalue weighted by atomic mass is 9.85. The minimum atomic E-state index is -4.76. The third-order valence-electron chi connectivity index (χ3n) is 11.8. The number of carbonyl (C=O) groups excluding carboxylic acids is 4. The number of amides is 4. The van der Waals surface area contributed by atoms with E-state index in [9.17, 15) is 37.6 Å². The third-order valence-corrected chi connectivity index (χ3v) is 12.2. The summed E-state index contributed by atoms with van der Waals surface area (Å²) in [6.45, 7) is 8.64. The molecule has 6 rings (SSSR count). The van der Waals surface area contributed by atoms with Gasteiger partial charge in [-0.05, 0) is 134 Å². The van der Waals surface area contributed by atoms with Gasteiger partial charge in [-0.1, -0.05) is 6.07 Å². The Labute approximate surface area is 336 Å². The molecule has 0 radical (unpaired) electrons. The van der Waals surface area contributed by atoms with Crippen LogP contribution in [-0.4, -0.2) is 87.5 Å². The molecule has 12 nitrogen and oxygen atoms in total. The van der Waals surface area contributed by atoms with Gasteiger partial charge in [0, 0.05) is 42.5 Å². The van der Waals surface area contributed by atoms with E-state index >= 15 is 0 Å². The van der Waals surface area contributed by atoms with Crippen LogP contribution in [0.4, 0.5) is 30.2 Å². The van der Waals surface area contributed by atoms with Gasteiger partial charge in [-0.15, -0.1) is 0 Å². The molecular weight excluding hydrogens is 760 g/mol. The van der Waals surface area contributed by atoms with Gasteiger partial charge in [0.05, 0.1) is 35.5 Å². The second kappa shape index (κ2) is 17.1. The monoisotopic (exact) mass is 809 g/mol. The van der Waals surface area contributed by atoms with Crippen LogP contribution in [0.15, 0.2) is 42.5 Å². The first-order valence-electron chi connectivity index (χ1n) is 19.6. The number of nitrogens with one attached hydrogen (secondary N) is 3. The molecule has 0 spiro atoms. The Kier molecular flexibility index (Phi) is 12.6. The van der Waals surface area contributed by atoms with Crippen molar-refractivity contribution < 1.29 is 37.1 Å². The number of hydrogen-bond acceptors (Lipinski definition) is 9. The Morgan fingerprint density at radius 3 is 2.35 bits per heavy atom. The first kappa shape index (κ1) is 42.0. The summed E-state index contributed by atoms with van der Waals surface area (Å²) in [5.74, 6) is -0.723. The minimum Gasteiger partial charge on any atom is -0.378 e. The number of anilines is 3. The van der Waals surface area contributed by atoms with Gasteiger partial charge in [-0.25, -0.2) is 0 Å². The largest absolute Gasteiger partial charge is 0.417 e. The highest BCUT2D eigenvalue weighted by atomic mass is 32.1. The number of alkyl halides is 3. The molecule has 0 aromatic heterocycles. The number of rotatable bonds is 11. The molecule has 1 saturated carbocycles. The molecule has 4 aliphatic rings. The van der Waals surface area contributed by atoms with Crippen LogP contribution < -0.4 is 20.9 Å². The van der Waals surface area contributed by atoms with E-state index in [1.807, 2.05) is 11.0 Å². The highest BCUT2D eigenvalue weighted by Crippen LogP contribution is 2.41. The standard InChI is InChI=1S/C41H50F3N7O5S/c1-24-18-26(19-25(2)49(24)23-36(53)47-29-7-5-6-28(20-29)46-34-14-15-35(52)48-37(34)54)16-17-56-32-12-10-30(11-13-32)51-39(57)50(38(55)40(51,3)4)31-9-8-27(22-45)33(21-31)41(42,43)44/h5-9,20-21,24-26,30,32,34,46H,10-19,23H2,1-4H3,(H,47,53)(H,48,52,54)/t24-,25+,26?,30-,32-,34?. The maximum absolute atomic E-state index is 13.7. The molecule has 3 N–H and O–H groups in total. The molecule has 4 atom stereocenters. The molecule has 3 aliphatic heterocycles. The van der Waals surface area contributed by atoms with E-state index in [0.29, 0.717) is 43.2 Å². The summed E-state index contributed by atoms with van der Waals surface area (Å²) >= 11 is 5.74. The van der Waals surface area contributed by atoms with E-state index in [0.717, 1.165) is 49.1 Å². The summed E-state index contributed by atoms with van der Waals surface area (Å²) < 4.78 is 47.6. The molecule has 4 fully saturated rings. The van der Waals surface area contributed by atoms with Crippen molar-refractivity contribution in [1.29, 1.82) is 5.26 Å². The van der Waals surface area contributed by atoms with Crippen LogP contribution in [0.2, 0.25) is 0 Å². The zero-order chi connectivity index (χ0) is 41.2. The molecule has 3 saturated heterocycles. The van der Waals surface area contributed by atoms with E-state index in [1.165, 1.54) is 6.07 Å². The van der Waals surface area contributed by atoms with Crippen LogP contribution in [0.3, 0.4) is 0 Å². The van der Waals surface area contributed by atoms with E-state index < -0.39 is 34.8 Å². The number of imide groups is 1. The van der Waals surface area contributed by atoms with Crippen molar-refractivity contribution in [3.8, 4) is 6.07 Å². The second-order valence-corrected chi connectivity index (χ2v) is 16.6. The van der Waals surface area contributed by atoms with Crippen molar-refractivity contribution in [2.24, 2.45) is 5.92 Å². The first-order valence-corrected chi connectivity index (χ1v) is 20.0. The number of ether oxygens (including phenoxy) is 1. The van der Waals surface area contributed by atoms with E-state index in [1.54, 1.807) is 38.1 Å². The topological polar surface area (TPSA) is 147 Å². The number of halogens is 3. The number of benzene rings is 2. The van der Waals surface area contributed by atoms with Gasteiger partial charge in [0.25, 0.3) is 5.91 Å². The molecular formula is C41H50F3N7O5S. The fourth-order valence-corrected chi connectivity index (χ4v) is 9.49. The summed E-state index contributed by atoms with van der Waals surface area (Å²) in [7, 11) is 0.